The number of aliphatic hydroxyl groups excluding tert-OH is 2. The van der Waals surface area contributed by atoms with Crippen molar-refractivity contribution in [3.63, 3.8) is 0 Å². The number of ether oxygens (including phenoxy) is 1. The predicted molar refractivity (Wildman–Crippen MR) is 42.7 cm³/mol. The molecule has 0 radical (unpaired) electrons. The molecule has 6 heteroatoms. The number of carbonyl (C=O) groups is 2. The van der Waals surface area contributed by atoms with Gasteiger partial charge in [-0.2, -0.15) is 12.6 Å². The molecule has 0 spiro atoms. The number of carbonyl (C=O) groups excluding carboxylic acids is 2. The van der Waals surface area contributed by atoms with E-state index in [1.54, 1.807) is 0 Å². The summed E-state index contributed by atoms with van der Waals surface area (Å²) in [6.45, 7) is -0.757. The van der Waals surface area contributed by atoms with Gasteiger partial charge in [-0.25, -0.2) is 4.79 Å². The van der Waals surface area contributed by atoms with Crippen molar-refractivity contribution in [3.05, 3.63) is 0 Å². The Balaban J connectivity index is 3.76. The average Bonchev–Trinajstić information content (AvgIpc) is 2.03. The van der Waals surface area contributed by atoms with Crippen molar-refractivity contribution in [1.82, 2.24) is 0 Å². The molecule has 0 saturated heterocycles. The molecule has 0 fully saturated rings. The largest absolute Gasteiger partial charge is 0.393 e. The number of hydrogen-bond donors (Lipinski definition) is 3. The quantitative estimate of drug-likeness (QED) is 0.295. The van der Waals surface area contributed by atoms with Crippen LogP contribution in [0.4, 0.5) is 0 Å². The van der Waals surface area contributed by atoms with Crippen LogP contribution in [-0.4, -0.2) is 40.6 Å². The van der Waals surface area contributed by atoms with Crippen LogP contribution < -0.4 is 0 Å². The fourth-order valence-corrected chi connectivity index (χ4v) is 0.580. The molecule has 0 rings (SSSR count). The summed E-state index contributed by atoms with van der Waals surface area (Å²) in [6, 6.07) is 0. The standard InChI is InChI=1S/C6H10O5S/c7-3-4(8)6(10)11-5(9)1-2-12/h4,7-8,12H,1-3H2. The molecule has 2 N–H and O–H groups in total. The summed E-state index contributed by atoms with van der Waals surface area (Å²) in [5.74, 6) is -1.63. The minimum atomic E-state index is -1.64. The van der Waals surface area contributed by atoms with Gasteiger partial charge in [0.15, 0.2) is 6.10 Å². The Morgan fingerprint density at radius 1 is 1.50 bits per heavy atom. The number of aliphatic hydroxyl groups is 2. The topological polar surface area (TPSA) is 83.8 Å². The fourth-order valence-electron chi connectivity index (χ4n) is 0.397. The molecule has 1 unspecified atom stereocenters. The second kappa shape index (κ2) is 5.99. The van der Waals surface area contributed by atoms with Crippen LogP contribution in [0.1, 0.15) is 6.42 Å². The molecule has 0 heterocycles. The van der Waals surface area contributed by atoms with Crippen molar-refractivity contribution < 1.29 is 24.5 Å². The van der Waals surface area contributed by atoms with E-state index in [0.717, 1.165) is 0 Å². The summed E-state index contributed by atoms with van der Waals surface area (Å²) in [6.07, 6.45) is -1.65. The van der Waals surface area contributed by atoms with Crippen LogP contribution in [0.3, 0.4) is 0 Å². The Morgan fingerprint density at radius 2 is 2.08 bits per heavy atom. The molecule has 5 nitrogen and oxygen atoms in total. The van der Waals surface area contributed by atoms with Crippen LogP contribution in [0.15, 0.2) is 0 Å². The zero-order valence-corrected chi connectivity index (χ0v) is 7.16. The minimum absolute atomic E-state index is 0.00694. The van der Waals surface area contributed by atoms with E-state index in [-0.39, 0.29) is 12.2 Å². The van der Waals surface area contributed by atoms with Gasteiger partial charge in [-0.15, -0.1) is 0 Å². The molecule has 0 aliphatic carbocycles. The zero-order chi connectivity index (χ0) is 9.56. The number of rotatable bonds is 4. The molecule has 12 heavy (non-hydrogen) atoms. The van der Waals surface area contributed by atoms with Gasteiger partial charge >= 0.3 is 11.9 Å². The maximum atomic E-state index is 10.6. The summed E-state index contributed by atoms with van der Waals surface area (Å²) in [7, 11) is 0. The third-order valence-electron chi connectivity index (χ3n) is 0.975. The van der Waals surface area contributed by atoms with Crippen molar-refractivity contribution >= 4 is 24.6 Å². The van der Waals surface area contributed by atoms with Gasteiger partial charge in [0.05, 0.1) is 13.0 Å². The van der Waals surface area contributed by atoms with Crippen LogP contribution >= 0.6 is 12.6 Å². The van der Waals surface area contributed by atoms with Crippen LogP contribution in [0, 0.1) is 0 Å². The van der Waals surface area contributed by atoms with Gasteiger partial charge in [-0.1, -0.05) is 0 Å². The van der Waals surface area contributed by atoms with Crippen molar-refractivity contribution in [2.45, 2.75) is 12.5 Å². The van der Waals surface area contributed by atoms with Crippen LogP contribution in [-0.2, 0) is 14.3 Å². The molecule has 1 atom stereocenters. The molecule has 0 saturated carbocycles. The lowest BCUT2D eigenvalue weighted by molar-refractivity contribution is -0.166. The van der Waals surface area contributed by atoms with E-state index in [0.29, 0.717) is 0 Å². The van der Waals surface area contributed by atoms with Gasteiger partial charge in [0.25, 0.3) is 0 Å². The van der Waals surface area contributed by atoms with Crippen LogP contribution in [0.2, 0.25) is 0 Å². The van der Waals surface area contributed by atoms with Crippen molar-refractivity contribution in [1.29, 1.82) is 0 Å². The van der Waals surface area contributed by atoms with E-state index in [4.69, 9.17) is 10.2 Å². The van der Waals surface area contributed by atoms with E-state index < -0.39 is 24.6 Å². The molecule has 70 valence electrons. The Kier molecular flexibility index (Phi) is 5.69. The van der Waals surface area contributed by atoms with E-state index in [2.05, 4.69) is 17.4 Å². The highest BCUT2D eigenvalue weighted by Gasteiger charge is 2.18. The van der Waals surface area contributed by atoms with Gasteiger partial charge in [0.1, 0.15) is 0 Å². The van der Waals surface area contributed by atoms with Gasteiger partial charge in [-0.05, 0) is 0 Å². The van der Waals surface area contributed by atoms with E-state index >= 15 is 0 Å². The molecule has 0 aliphatic heterocycles. The number of thiol groups is 1. The van der Waals surface area contributed by atoms with Crippen molar-refractivity contribution in [2.75, 3.05) is 12.4 Å². The molecule has 0 aromatic heterocycles. The number of esters is 2. The monoisotopic (exact) mass is 194 g/mol. The molecule has 0 aromatic rings. The third-order valence-corrected chi connectivity index (χ3v) is 1.20. The second-order valence-electron chi connectivity index (χ2n) is 1.97. The van der Waals surface area contributed by atoms with Crippen molar-refractivity contribution in [2.24, 2.45) is 0 Å². The summed E-state index contributed by atoms with van der Waals surface area (Å²) < 4.78 is 4.11. The second-order valence-corrected chi connectivity index (χ2v) is 2.41. The minimum Gasteiger partial charge on any atom is -0.393 e. The first-order valence-electron chi connectivity index (χ1n) is 3.26. The zero-order valence-electron chi connectivity index (χ0n) is 6.27. The highest BCUT2D eigenvalue weighted by molar-refractivity contribution is 7.80. The molecular formula is C6H10O5S. The normalized spacial score (nSPS) is 12.2. The predicted octanol–water partition coefficient (Wildman–Crippen LogP) is -1.27. The first-order chi connectivity index (χ1) is 5.61. The molecular weight excluding hydrogens is 184 g/mol. The Morgan fingerprint density at radius 3 is 2.50 bits per heavy atom. The van der Waals surface area contributed by atoms with E-state index in [1.165, 1.54) is 0 Å². The summed E-state index contributed by atoms with van der Waals surface area (Å²) in [5.41, 5.74) is 0. The Hall–Kier alpha value is -0.590. The van der Waals surface area contributed by atoms with Gasteiger partial charge in [0, 0.05) is 5.75 Å². The molecule has 0 amide bonds. The Labute approximate surface area is 74.7 Å². The lowest BCUT2D eigenvalue weighted by Crippen LogP contribution is -2.28. The van der Waals surface area contributed by atoms with E-state index in [1.807, 2.05) is 0 Å². The first-order valence-corrected chi connectivity index (χ1v) is 3.89. The lowest BCUT2D eigenvalue weighted by Gasteiger charge is -2.04. The first kappa shape index (κ1) is 11.4. The highest BCUT2D eigenvalue weighted by Crippen LogP contribution is 1.93. The molecule has 0 bridgehead atoms. The fraction of sp³-hybridized carbons (Fsp3) is 0.667. The summed E-state index contributed by atoms with van der Waals surface area (Å²) in [5, 5.41) is 16.9. The van der Waals surface area contributed by atoms with Crippen LogP contribution in [0.25, 0.3) is 0 Å². The lowest BCUT2D eigenvalue weighted by atomic mass is 10.4. The Bertz CT molecular complexity index is 169. The third kappa shape index (κ3) is 4.32. The maximum absolute atomic E-state index is 10.6. The molecule has 0 aromatic carbocycles. The SMILES string of the molecule is O=C(CCS)OC(=O)C(O)CO. The van der Waals surface area contributed by atoms with Crippen LogP contribution in [0.5, 0.6) is 0 Å². The smallest absolute Gasteiger partial charge is 0.345 e. The summed E-state index contributed by atoms with van der Waals surface area (Å²) in [4.78, 5) is 21.2. The average molecular weight is 194 g/mol. The van der Waals surface area contributed by atoms with Gasteiger partial charge in [0.2, 0.25) is 0 Å². The van der Waals surface area contributed by atoms with Gasteiger partial charge in [-0.3, -0.25) is 4.79 Å². The van der Waals surface area contributed by atoms with Crippen molar-refractivity contribution in [3.8, 4) is 0 Å². The molecule has 0 aliphatic rings. The maximum Gasteiger partial charge on any atom is 0.345 e. The number of hydrogen-bond acceptors (Lipinski definition) is 6. The summed E-state index contributed by atoms with van der Waals surface area (Å²) >= 11 is 3.73. The highest BCUT2D eigenvalue weighted by atomic mass is 32.1. The van der Waals surface area contributed by atoms with E-state index in [9.17, 15) is 9.59 Å². The van der Waals surface area contributed by atoms with Gasteiger partial charge < -0.3 is 14.9 Å².